The maximum absolute atomic E-state index is 11.1. The Balaban J connectivity index is 2.08. The van der Waals surface area contributed by atoms with Crippen LogP contribution in [0, 0.1) is 5.92 Å². The van der Waals surface area contributed by atoms with Gasteiger partial charge in [0.1, 0.15) is 6.04 Å². The molecule has 1 unspecified atom stereocenters. The Bertz CT molecular complexity index is 166. The first-order chi connectivity index (χ1) is 4.79. The molecule has 1 atom stereocenters. The minimum Gasteiger partial charge on any atom is -0.276 e. The second kappa shape index (κ2) is 1.93. The monoisotopic (exact) mass is 141 g/mol. The number of amides is 1. The molecule has 1 amide bonds. The van der Waals surface area contributed by atoms with Crippen molar-refractivity contribution in [2.75, 3.05) is 7.05 Å². The second-order valence-electron chi connectivity index (χ2n) is 2.99. The topological polar surface area (TPSA) is 44.4 Å². The molecule has 0 aromatic carbocycles. The zero-order chi connectivity index (χ0) is 7.14. The summed E-state index contributed by atoms with van der Waals surface area (Å²) in [5.74, 6) is 0.713. The number of carbonyl (C=O) groups excluding carboxylic acids is 1. The maximum Gasteiger partial charge on any atom is 0.254 e. The van der Waals surface area contributed by atoms with Crippen LogP contribution in [-0.4, -0.2) is 24.0 Å². The lowest BCUT2D eigenvalue weighted by Gasteiger charge is -2.13. The summed E-state index contributed by atoms with van der Waals surface area (Å²) in [5.41, 5.74) is 5.35. The fourth-order valence-corrected chi connectivity index (χ4v) is 1.40. The molecule has 0 radical (unpaired) electrons. The summed E-state index contributed by atoms with van der Waals surface area (Å²) in [4.78, 5) is 11.1. The Hall–Kier alpha value is -0.610. The van der Waals surface area contributed by atoms with Crippen LogP contribution < -0.4 is 11.0 Å². The fourth-order valence-electron chi connectivity index (χ4n) is 1.40. The van der Waals surface area contributed by atoms with Gasteiger partial charge in [0.25, 0.3) is 5.91 Å². The van der Waals surface area contributed by atoms with Gasteiger partial charge in [-0.25, -0.2) is 5.01 Å². The standard InChI is InChI=1S/C6H11N3O/c1-9-5(4-2-3-4)6(10)7-8-9/h4-5,8H,2-3H2,1H3,(H,7,10). The molecule has 1 heterocycles. The third-order valence-electron chi connectivity index (χ3n) is 2.11. The molecule has 2 fully saturated rings. The van der Waals surface area contributed by atoms with E-state index < -0.39 is 0 Å². The average Bonchev–Trinajstić information content (AvgIpc) is 2.64. The first-order valence-electron chi connectivity index (χ1n) is 3.57. The van der Waals surface area contributed by atoms with E-state index in [0.29, 0.717) is 5.92 Å². The predicted molar refractivity (Wildman–Crippen MR) is 35.6 cm³/mol. The Labute approximate surface area is 59.5 Å². The number of nitrogens with one attached hydrogen (secondary N) is 2. The maximum atomic E-state index is 11.1. The molecular weight excluding hydrogens is 130 g/mol. The van der Waals surface area contributed by atoms with Gasteiger partial charge in [0, 0.05) is 7.05 Å². The van der Waals surface area contributed by atoms with Crippen molar-refractivity contribution >= 4 is 5.91 Å². The van der Waals surface area contributed by atoms with Gasteiger partial charge in [-0.05, 0) is 18.8 Å². The molecule has 4 nitrogen and oxygen atoms in total. The Kier molecular flexibility index (Phi) is 1.18. The van der Waals surface area contributed by atoms with Gasteiger partial charge in [0.05, 0.1) is 0 Å². The second-order valence-corrected chi connectivity index (χ2v) is 2.99. The number of rotatable bonds is 1. The predicted octanol–water partition coefficient (Wildman–Crippen LogP) is -0.754. The van der Waals surface area contributed by atoms with Crippen molar-refractivity contribution in [3.63, 3.8) is 0 Å². The van der Waals surface area contributed by atoms with E-state index in [4.69, 9.17) is 0 Å². The lowest BCUT2D eigenvalue weighted by Crippen LogP contribution is -2.36. The van der Waals surface area contributed by atoms with E-state index >= 15 is 0 Å². The van der Waals surface area contributed by atoms with Gasteiger partial charge in [0.2, 0.25) is 0 Å². The Morgan fingerprint density at radius 3 is 2.70 bits per heavy atom. The molecule has 10 heavy (non-hydrogen) atoms. The van der Waals surface area contributed by atoms with Crippen LogP contribution >= 0.6 is 0 Å². The summed E-state index contributed by atoms with van der Waals surface area (Å²) in [6.07, 6.45) is 2.40. The third kappa shape index (κ3) is 0.803. The highest BCUT2D eigenvalue weighted by Gasteiger charge is 2.42. The van der Waals surface area contributed by atoms with Crippen molar-refractivity contribution in [3.8, 4) is 0 Å². The van der Waals surface area contributed by atoms with Gasteiger partial charge < -0.3 is 0 Å². The van der Waals surface area contributed by atoms with Crippen LogP contribution in [-0.2, 0) is 4.79 Å². The number of hydrazine groups is 2. The van der Waals surface area contributed by atoms with Crippen LogP contribution in [0.4, 0.5) is 0 Å². The van der Waals surface area contributed by atoms with Gasteiger partial charge in [-0.2, -0.15) is 5.53 Å². The minimum absolute atomic E-state index is 0.0833. The number of hydrogen-bond donors (Lipinski definition) is 2. The van der Waals surface area contributed by atoms with Gasteiger partial charge >= 0.3 is 0 Å². The molecule has 2 aliphatic rings. The zero-order valence-corrected chi connectivity index (χ0v) is 5.92. The smallest absolute Gasteiger partial charge is 0.254 e. The van der Waals surface area contributed by atoms with Crippen molar-refractivity contribution in [2.24, 2.45) is 5.92 Å². The van der Waals surface area contributed by atoms with Crippen LogP contribution in [0.1, 0.15) is 12.8 Å². The number of carbonyl (C=O) groups is 1. The van der Waals surface area contributed by atoms with E-state index in [2.05, 4.69) is 11.0 Å². The lowest BCUT2D eigenvalue weighted by atomic mass is 10.2. The molecule has 4 heteroatoms. The van der Waals surface area contributed by atoms with Crippen molar-refractivity contribution in [1.82, 2.24) is 16.0 Å². The fraction of sp³-hybridized carbons (Fsp3) is 0.833. The van der Waals surface area contributed by atoms with Crippen LogP contribution in [0.2, 0.25) is 0 Å². The highest BCUT2D eigenvalue weighted by Crippen LogP contribution is 2.35. The molecule has 2 rings (SSSR count). The van der Waals surface area contributed by atoms with E-state index in [1.165, 1.54) is 12.8 Å². The molecular formula is C6H11N3O. The van der Waals surface area contributed by atoms with Crippen LogP contribution in [0.15, 0.2) is 0 Å². The molecule has 1 saturated heterocycles. The molecule has 1 aliphatic heterocycles. The van der Waals surface area contributed by atoms with E-state index in [1.54, 1.807) is 0 Å². The normalized spacial score (nSPS) is 34.5. The Morgan fingerprint density at radius 2 is 2.30 bits per heavy atom. The molecule has 1 aliphatic carbocycles. The summed E-state index contributed by atoms with van der Waals surface area (Å²) >= 11 is 0. The Morgan fingerprint density at radius 1 is 1.60 bits per heavy atom. The SMILES string of the molecule is CN1NNC(=O)C1C1CC1. The van der Waals surface area contributed by atoms with Gasteiger partial charge in [-0.1, -0.05) is 0 Å². The van der Waals surface area contributed by atoms with Crippen LogP contribution in [0.5, 0.6) is 0 Å². The molecule has 1 saturated carbocycles. The third-order valence-corrected chi connectivity index (χ3v) is 2.11. The largest absolute Gasteiger partial charge is 0.276 e. The van der Waals surface area contributed by atoms with Gasteiger partial charge in [-0.3, -0.25) is 10.2 Å². The average molecular weight is 141 g/mol. The van der Waals surface area contributed by atoms with Crippen molar-refractivity contribution in [1.29, 1.82) is 0 Å². The number of hydrogen-bond acceptors (Lipinski definition) is 3. The molecule has 0 aromatic heterocycles. The van der Waals surface area contributed by atoms with E-state index in [1.807, 2.05) is 12.1 Å². The minimum atomic E-state index is 0.0833. The summed E-state index contributed by atoms with van der Waals surface area (Å²) in [6, 6.07) is 0.0833. The van der Waals surface area contributed by atoms with E-state index in [9.17, 15) is 4.79 Å². The zero-order valence-electron chi connectivity index (χ0n) is 5.92. The first-order valence-corrected chi connectivity index (χ1v) is 3.57. The van der Waals surface area contributed by atoms with E-state index in [-0.39, 0.29) is 11.9 Å². The van der Waals surface area contributed by atoms with Gasteiger partial charge in [-0.15, -0.1) is 0 Å². The molecule has 2 N–H and O–H groups in total. The van der Waals surface area contributed by atoms with Gasteiger partial charge in [0.15, 0.2) is 0 Å². The summed E-state index contributed by atoms with van der Waals surface area (Å²) in [6.45, 7) is 0. The molecule has 0 spiro atoms. The first kappa shape index (κ1) is 6.12. The van der Waals surface area contributed by atoms with Crippen LogP contribution in [0.25, 0.3) is 0 Å². The highest BCUT2D eigenvalue weighted by molar-refractivity contribution is 5.83. The summed E-state index contributed by atoms with van der Waals surface area (Å²) < 4.78 is 0. The van der Waals surface area contributed by atoms with Crippen molar-refractivity contribution in [3.05, 3.63) is 0 Å². The van der Waals surface area contributed by atoms with Crippen LogP contribution in [0.3, 0.4) is 0 Å². The summed E-state index contributed by atoms with van der Waals surface area (Å²) in [7, 11) is 1.89. The number of nitrogens with zero attached hydrogens (tertiary/aromatic N) is 1. The van der Waals surface area contributed by atoms with E-state index in [0.717, 1.165) is 0 Å². The lowest BCUT2D eigenvalue weighted by molar-refractivity contribution is -0.121. The highest BCUT2D eigenvalue weighted by atomic mass is 16.2. The van der Waals surface area contributed by atoms with Crippen molar-refractivity contribution in [2.45, 2.75) is 18.9 Å². The molecule has 0 aromatic rings. The molecule has 56 valence electrons. The quantitative estimate of drug-likeness (QED) is 0.505. The number of likely N-dealkylation sites (N-methyl/N-ethyl adjacent to an activating group) is 1. The summed E-state index contributed by atoms with van der Waals surface area (Å²) in [5, 5.41) is 1.85. The van der Waals surface area contributed by atoms with Crippen molar-refractivity contribution < 1.29 is 4.79 Å². The molecule has 0 bridgehead atoms.